The van der Waals surface area contributed by atoms with E-state index in [1.165, 1.54) is 16.9 Å². The van der Waals surface area contributed by atoms with Gasteiger partial charge in [0.15, 0.2) is 5.41 Å². The average Bonchev–Trinajstić information content (AvgIpc) is 3.27. The summed E-state index contributed by atoms with van der Waals surface area (Å²) in [6, 6.07) is 20.7. The van der Waals surface area contributed by atoms with Gasteiger partial charge in [0.25, 0.3) is 0 Å². The number of fused-ring (bicyclic) bond motifs is 1. The number of nitrogens with zero attached hydrogens (tertiary/aromatic N) is 3. The molecule has 1 aromatic carbocycles. The molecule has 0 bridgehead atoms. The smallest absolute Gasteiger partial charge is 0.192 e. The van der Waals surface area contributed by atoms with E-state index in [2.05, 4.69) is 36.4 Å². The summed E-state index contributed by atoms with van der Waals surface area (Å²) in [5.74, 6) is -0.192. The molecule has 0 saturated carbocycles. The molecular weight excluding hydrogens is 364 g/mol. The van der Waals surface area contributed by atoms with Crippen LogP contribution in [0, 0.1) is 45.3 Å². The SMILES string of the molecule is N#CC1=C(N)C(C#N)(C#N)C(c2cccs2)C2CC(c3ccccc3)CC=C12. The fourth-order valence-corrected chi connectivity index (χ4v) is 5.62. The summed E-state index contributed by atoms with van der Waals surface area (Å²) >= 11 is 1.54. The standard InChI is InChI=1S/C23H18N4S/c24-12-19-17-9-8-16(15-5-2-1-3-6-15)11-18(17)21(20-7-4-10-28-20)23(13-25,14-26)22(19)27/h1-7,9-10,16,18,21H,8,11,27H2. The summed E-state index contributed by atoms with van der Waals surface area (Å²) in [5.41, 5.74) is 7.33. The van der Waals surface area contributed by atoms with Crippen molar-refractivity contribution in [3.63, 3.8) is 0 Å². The van der Waals surface area contributed by atoms with E-state index in [9.17, 15) is 15.8 Å². The Morgan fingerprint density at radius 3 is 2.39 bits per heavy atom. The Morgan fingerprint density at radius 2 is 1.79 bits per heavy atom. The van der Waals surface area contributed by atoms with E-state index < -0.39 is 5.41 Å². The Labute approximate surface area is 168 Å². The summed E-state index contributed by atoms with van der Waals surface area (Å²) in [7, 11) is 0. The van der Waals surface area contributed by atoms with E-state index in [0.717, 1.165) is 23.3 Å². The van der Waals surface area contributed by atoms with Gasteiger partial charge in [-0.1, -0.05) is 42.5 Å². The molecule has 0 fully saturated rings. The summed E-state index contributed by atoms with van der Waals surface area (Å²) in [4.78, 5) is 0.965. The van der Waals surface area contributed by atoms with Crippen molar-refractivity contribution < 1.29 is 0 Å². The molecule has 0 amide bonds. The van der Waals surface area contributed by atoms with Gasteiger partial charge in [-0.25, -0.2) is 0 Å². The second kappa shape index (κ2) is 7.01. The third-order valence-electron chi connectivity index (χ3n) is 6.00. The molecule has 2 aliphatic carbocycles. The highest BCUT2D eigenvalue weighted by Crippen LogP contribution is 2.58. The van der Waals surface area contributed by atoms with Crippen molar-refractivity contribution in [2.75, 3.05) is 0 Å². The zero-order valence-corrected chi connectivity index (χ0v) is 16.0. The van der Waals surface area contributed by atoms with Gasteiger partial charge in [-0.3, -0.25) is 0 Å². The molecule has 28 heavy (non-hydrogen) atoms. The van der Waals surface area contributed by atoms with Gasteiger partial charge in [-0.05, 0) is 47.3 Å². The zero-order chi connectivity index (χ0) is 19.7. The Balaban J connectivity index is 1.91. The van der Waals surface area contributed by atoms with Crippen LogP contribution in [0.2, 0.25) is 0 Å². The Bertz CT molecular complexity index is 1060. The predicted octanol–water partition coefficient (Wildman–Crippen LogP) is 4.74. The second-order valence-corrected chi connectivity index (χ2v) is 8.25. The maximum absolute atomic E-state index is 10.1. The molecule has 1 aromatic heterocycles. The first-order valence-corrected chi connectivity index (χ1v) is 10.1. The Morgan fingerprint density at radius 1 is 1.04 bits per heavy atom. The van der Waals surface area contributed by atoms with E-state index in [0.29, 0.717) is 5.57 Å². The number of nitriles is 3. The fourth-order valence-electron chi connectivity index (χ4n) is 4.66. The third kappa shape index (κ3) is 2.55. The molecule has 0 spiro atoms. The van der Waals surface area contributed by atoms with Crippen molar-refractivity contribution in [1.29, 1.82) is 15.8 Å². The van der Waals surface area contributed by atoms with Gasteiger partial charge in [0.1, 0.15) is 6.07 Å². The first kappa shape index (κ1) is 18.1. The number of rotatable bonds is 2. The third-order valence-corrected chi connectivity index (χ3v) is 6.95. The summed E-state index contributed by atoms with van der Waals surface area (Å²) in [6.07, 6.45) is 3.69. The van der Waals surface area contributed by atoms with Gasteiger partial charge in [-0.2, -0.15) is 15.8 Å². The molecule has 4 rings (SSSR count). The highest BCUT2D eigenvalue weighted by molar-refractivity contribution is 7.10. The molecule has 3 unspecified atom stereocenters. The lowest BCUT2D eigenvalue weighted by Crippen LogP contribution is -2.43. The first-order valence-electron chi connectivity index (χ1n) is 9.18. The molecule has 0 saturated heterocycles. The molecule has 136 valence electrons. The summed E-state index contributed by atoms with van der Waals surface area (Å²) in [5, 5.41) is 31.8. The van der Waals surface area contributed by atoms with Gasteiger partial charge in [0.2, 0.25) is 0 Å². The van der Waals surface area contributed by atoms with Crippen molar-refractivity contribution in [2.45, 2.75) is 24.7 Å². The number of thiophene rings is 1. The van der Waals surface area contributed by atoms with Gasteiger partial charge in [0.05, 0.1) is 23.4 Å². The minimum atomic E-state index is -1.53. The van der Waals surface area contributed by atoms with Crippen LogP contribution in [-0.4, -0.2) is 0 Å². The lowest BCUT2D eigenvalue weighted by Gasteiger charge is -2.44. The molecular formula is C23H18N4S. The number of nitrogens with two attached hydrogens (primary N) is 1. The molecule has 4 nitrogen and oxygen atoms in total. The molecule has 2 aliphatic rings. The van der Waals surface area contributed by atoms with Gasteiger partial charge in [0, 0.05) is 10.8 Å². The maximum Gasteiger partial charge on any atom is 0.192 e. The normalized spacial score (nSPS) is 25.6. The summed E-state index contributed by atoms with van der Waals surface area (Å²) in [6.45, 7) is 0. The van der Waals surface area contributed by atoms with Crippen LogP contribution < -0.4 is 5.73 Å². The van der Waals surface area contributed by atoms with Crippen LogP contribution in [0.4, 0.5) is 0 Å². The highest BCUT2D eigenvalue weighted by atomic mass is 32.1. The van der Waals surface area contributed by atoms with E-state index in [-0.39, 0.29) is 23.5 Å². The van der Waals surface area contributed by atoms with E-state index >= 15 is 0 Å². The fraction of sp³-hybridized carbons (Fsp3) is 0.261. The largest absolute Gasteiger partial charge is 0.399 e. The molecule has 2 N–H and O–H groups in total. The molecule has 3 atom stereocenters. The van der Waals surface area contributed by atoms with Crippen molar-refractivity contribution in [3.05, 3.63) is 81.2 Å². The molecule has 5 heteroatoms. The van der Waals surface area contributed by atoms with E-state index in [1.54, 1.807) is 0 Å². The van der Waals surface area contributed by atoms with Crippen LogP contribution in [0.1, 0.15) is 35.1 Å². The topological polar surface area (TPSA) is 97.4 Å². The molecule has 1 heterocycles. The molecule has 0 aliphatic heterocycles. The minimum Gasteiger partial charge on any atom is -0.399 e. The lowest BCUT2D eigenvalue weighted by atomic mass is 9.57. The van der Waals surface area contributed by atoms with Crippen LogP contribution in [0.5, 0.6) is 0 Å². The van der Waals surface area contributed by atoms with Crippen molar-refractivity contribution in [2.24, 2.45) is 17.1 Å². The average molecular weight is 382 g/mol. The van der Waals surface area contributed by atoms with E-state index in [4.69, 9.17) is 5.73 Å². The van der Waals surface area contributed by atoms with E-state index in [1.807, 2.05) is 35.7 Å². The number of hydrogen-bond acceptors (Lipinski definition) is 5. The Hall–Kier alpha value is -3.33. The highest BCUT2D eigenvalue weighted by Gasteiger charge is 2.54. The van der Waals surface area contributed by atoms with Crippen LogP contribution >= 0.6 is 11.3 Å². The van der Waals surface area contributed by atoms with Crippen molar-refractivity contribution >= 4 is 11.3 Å². The van der Waals surface area contributed by atoms with Crippen LogP contribution in [0.25, 0.3) is 0 Å². The number of hydrogen-bond donors (Lipinski definition) is 1. The van der Waals surface area contributed by atoms with Crippen LogP contribution in [-0.2, 0) is 0 Å². The number of benzene rings is 1. The second-order valence-electron chi connectivity index (χ2n) is 7.27. The minimum absolute atomic E-state index is 0.0964. The van der Waals surface area contributed by atoms with Gasteiger partial charge < -0.3 is 5.73 Å². The molecule has 0 radical (unpaired) electrons. The monoisotopic (exact) mass is 382 g/mol. The predicted molar refractivity (Wildman–Crippen MR) is 108 cm³/mol. The number of allylic oxidation sites excluding steroid dienone is 4. The summed E-state index contributed by atoms with van der Waals surface area (Å²) < 4.78 is 0. The van der Waals surface area contributed by atoms with Crippen LogP contribution in [0.15, 0.2) is 70.8 Å². The van der Waals surface area contributed by atoms with Crippen LogP contribution in [0.3, 0.4) is 0 Å². The van der Waals surface area contributed by atoms with Gasteiger partial charge >= 0.3 is 0 Å². The maximum atomic E-state index is 10.1. The van der Waals surface area contributed by atoms with Gasteiger partial charge in [-0.15, -0.1) is 11.3 Å². The lowest BCUT2D eigenvalue weighted by molar-refractivity contribution is 0.307. The first-order chi connectivity index (χ1) is 13.7. The van der Waals surface area contributed by atoms with Crippen molar-refractivity contribution in [1.82, 2.24) is 0 Å². The quantitative estimate of drug-likeness (QED) is 0.811. The Kier molecular flexibility index (Phi) is 4.52. The molecule has 2 aromatic rings. The zero-order valence-electron chi connectivity index (χ0n) is 15.2. The van der Waals surface area contributed by atoms with Crippen molar-refractivity contribution in [3.8, 4) is 18.2 Å².